The number of halogens is 2. The molecule has 0 amide bonds. The van der Waals surface area contributed by atoms with Gasteiger partial charge in [-0.1, -0.05) is 22.9 Å². The lowest BCUT2D eigenvalue weighted by atomic mass is 9.93. The monoisotopic (exact) mass is 397 g/mol. The van der Waals surface area contributed by atoms with Crippen LogP contribution in [-0.4, -0.2) is 13.7 Å². The molecule has 0 aliphatic rings. The lowest BCUT2D eigenvalue weighted by molar-refractivity contribution is 0.174. The average Bonchev–Trinajstić information content (AvgIpc) is 2.28. The van der Waals surface area contributed by atoms with Gasteiger partial charge < -0.3 is 10.5 Å². The Labute approximate surface area is 119 Å². The maximum Gasteiger partial charge on any atom is 0.0465 e. The van der Waals surface area contributed by atoms with Crippen molar-refractivity contribution in [2.45, 2.75) is 19.4 Å². The first-order valence-corrected chi connectivity index (χ1v) is 7.13. The fourth-order valence-corrected chi connectivity index (χ4v) is 2.63. The van der Waals surface area contributed by atoms with Crippen LogP contribution in [0.4, 0.5) is 0 Å². The van der Waals surface area contributed by atoms with Crippen molar-refractivity contribution in [1.29, 1.82) is 0 Å². The van der Waals surface area contributed by atoms with E-state index in [1.165, 1.54) is 9.13 Å². The van der Waals surface area contributed by atoms with E-state index in [0.29, 0.717) is 5.92 Å². The molecule has 2 atom stereocenters. The van der Waals surface area contributed by atoms with Crippen LogP contribution in [0.5, 0.6) is 0 Å². The second kappa shape index (κ2) is 6.93. The number of rotatable bonds is 5. The molecular weight excluding hydrogens is 381 g/mol. The molecule has 2 unspecified atom stereocenters. The molecule has 2 nitrogen and oxygen atoms in total. The minimum Gasteiger partial charge on any atom is -0.385 e. The van der Waals surface area contributed by atoms with Crippen molar-refractivity contribution in [3.63, 3.8) is 0 Å². The summed E-state index contributed by atoms with van der Waals surface area (Å²) in [4.78, 5) is 0. The first-order chi connectivity index (χ1) is 7.56. The average molecular weight is 398 g/mol. The first kappa shape index (κ1) is 14.4. The maximum atomic E-state index is 6.27. The number of benzene rings is 1. The Kier molecular flexibility index (Phi) is 6.25. The van der Waals surface area contributed by atoms with E-state index < -0.39 is 0 Å². The summed E-state index contributed by atoms with van der Waals surface area (Å²) in [5, 5.41) is 0. The van der Waals surface area contributed by atoms with E-state index in [-0.39, 0.29) is 6.04 Å². The Balaban J connectivity index is 2.78. The zero-order valence-electron chi connectivity index (χ0n) is 9.54. The molecule has 4 heteroatoms. The van der Waals surface area contributed by atoms with E-state index >= 15 is 0 Å². The third-order valence-corrected chi connectivity index (χ3v) is 4.18. The van der Waals surface area contributed by atoms with Gasteiger partial charge in [-0.15, -0.1) is 0 Å². The van der Waals surface area contributed by atoms with Crippen LogP contribution in [0.3, 0.4) is 0 Å². The van der Waals surface area contributed by atoms with Crippen molar-refractivity contribution in [2.75, 3.05) is 13.7 Å². The molecule has 0 aliphatic heterocycles. The van der Waals surface area contributed by atoms with Crippen LogP contribution in [0.1, 0.15) is 24.9 Å². The summed E-state index contributed by atoms with van der Waals surface area (Å²) >= 11 is 5.81. The Morgan fingerprint density at radius 1 is 1.50 bits per heavy atom. The number of methoxy groups -OCH3 is 1. The zero-order chi connectivity index (χ0) is 12.1. The van der Waals surface area contributed by atoms with Gasteiger partial charge >= 0.3 is 0 Å². The summed E-state index contributed by atoms with van der Waals surface area (Å²) in [6.07, 6.45) is 0.986. The molecule has 1 aromatic carbocycles. The Morgan fingerprint density at radius 2 is 2.19 bits per heavy atom. The van der Waals surface area contributed by atoms with Crippen LogP contribution in [0.2, 0.25) is 0 Å². The van der Waals surface area contributed by atoms with Gasteiger partial charge in [0.2, 0.25) is 0 Å². The minimum atomic E-state index is 0.0690. The molecule has 1 aromatic rings. The van der Waals surface area contributed by atoms with Gasteiger partial charge in [0.1, 0.15) is 0 Å². The van der Waals surface area contributed by atoms with Gasteiger partial charge in [0.05, 0.1) is 0 Å². The molecule has 16 heavy (non-hydrogen) atoms. The third kappa shape index (κ3) is 3.98. The maximum absolute atomic E-state index is 6.27. The molecule has 90 valence electrons. The van der Waals surface area contributed by atoms with Crippen molar-refractivity contribution >= 4 is 38.5 Å². The predicted molar refractivity (Wildman–Crippen MR) is 79.4 cm³/mol. The molecule has 0 saturated heterocycles. The van der Waals surface area contributed by atoms with E-state index in [1.54, 1.807) is 7.11 Å². The van der Waals surface area contributed by atoms with Crippen molar-refractivity contribution in [2.24, 2.45) is 11.7 Å². The molecule has 0 spiro atoms. The van der Waals surface area contributed by atoms with E-state index in [2.05, 4.69) is 57.6 Å². The quantitative estimate of drug-likeness (QED) is 0.768. The summed E-state index contributed by atoms with van der Waals surface area (Å²) in [6, 6.07) is 6.30. The van der Waals surface area contributed by atoms with Crippen LogP contribution in [-0.2, 0) is 4.74 Å². The molecule has 0 radical (unpaired) electrons. The largest absolute Gasteiger partial charge is 0.385 e. The third-order valence-electron chi connectivity index (χ3n) is 2.71. The Bertz CT molecular complexity index is 346. The van der Waals surface area contributed by atoms with Crippen LogP contribution >= 0.6 is 38.5 Å². The van der Waals surface area contributed by atoms with Crippen LogP contribution in [0.25, 0.3) is 0 Å². The highest BCUT2D eigenvalue weighted by Crippen LogP contribution is 2.28. The Morgan fingerprint density at radius 3 is 2.81 bits per heavy atom. The lowest BCUT2D eigenvalue weighted by Gasteiger charge is -2.21. The summed E-state index contributed by atoms with van der Waals surface area (Å²) in [5.74, 6) is 0.419. The highest BCUT2D eigenvalue weighted by Gasteiger charge is 2.17. The predicted octanol–water partition coefficient (Wildman–Crippen LogP) is 3.73. The summed E-state index contributed by atoms with van der Waals surface area (Å²) in [5.41, 5.74) is 7.47. The van der Waals surface area contributed by atoms with Gasteiger partial charge in [-0.3, -0.25) is 0 Å². The van der Waals surface area contributed by atoms with Crippen LogP contribution in [0, 0.1) is 9.49 Å². The topological polar surface area (TPSA) is 35.2 Å². The first-order valence-electron chi connectivity index (χ1n) is 5.25. The van der Waals surface area contributed by atoms with Gasteiger partial charge in [0.25, 0.3) is 0 Å². The summed E-state index contributed by atoms with van der Waals surface area (Å²) in [7, 11) is 1.72. The molecule has 0 bridgehead atoms. The van der Waals surface area contributed by atoms with Crippen LogP contribution < -0.4 is 5.73 Å². The van der Waals surface area contributed by atoms with E-state index in [0.717, 1.165) is 17.5 Å². The van der Waals surface area contributed by atoms with Crippen molar-refractivity contribution < 1.29 is 4.74 Å². The van der Waals surface area contributed by atoms with Gasteiger partial charge in [0.15, 0.2) is 0 Å². The molecule has 0 saturated carbocycles. The summed E-state index contributed by atoms with van der Waals surface area (Å²) in [6.45, 7) is 2.93. The molecule has 0 aromatic heterocycles. The molecule has 0 heterocycles. The van der Waals surface area contributed by atoms with E-state index in [4.69, 9.17) is 10.5 Å². The summed E-state index contributed by atoms with van der Waals surface area (Å²) < 4.78 is 7.39. The van der Waals surface area contributed by atoms with Gasteiger partial charge in [0, 0.05) is 27.8 Å². The molecule has 2 N–H and O–H groups in total. The SMILES string of the molecule is COCCC(C)C(N)c1cc(Br)ccc1I. The number of hydrogen-bond donors (Lipinski definition) is 1. The fourth-order valence-electron chi connectivity index (χ4n) is 1.56. The van der Waals surface area contributed by atoms with Gasteiger partial charge in [-0.2, -0.15) is 0 Å². The van der Waals surface area contributed by atoms with E-state index in [9.17, 15) is 0 Å². The lowest BCUT2D eigenvalue weighted by Crippen LogP contribution is -2.21. The number of nitrogens with two attached hydrogens (primary N) is 1. The zero-order valence-corrected chi connectivity index (χ0v) is 13.3. The molecular formula is C12H17BrINO. The molecule has 0 aliphatic carbocycles. The number of hydrogen-bond acceptors (Lipinski definition) is 2. The second-order valence-corrected chi connectivity index (χ2v) is 6.03. The van der Waals surface area contributed by atoms with Gasteiger partial charge in [-0.25, -0.2) is 0 Å². The fraction of sp³-hybridized carbons (Fsp3) is 0.500. The standard InChI is InChI=1S/C12H17BrINO/c1-8(5-6-16-2)12(15)10-7-9(13)3-4-11(10)14/h3-4,7-8,12H,5-6,15H2,1-2H3. The smallest absolute Gasteiger partial charge is 0.0465 e. The number of ether oxygens (including phenoxy) is 1. The Hall–Kier alpha value is 0.350. The highest BCUT2D eigenvalue weighted by atomic mass is 127. The van der Waals surface area contributed by atoms with Crippen molar-refractivity contribution in [3.8, 4) is 0 Å². The van der Waals surface area contributed by atoms with Crippen molar-refractivity contribution in [1.82, 2.24) is 0 Å². The minimum absolute atomic E-state index is 0.0690. The normalized spacial score (nSPS) is 14.8. The van der Waals surface area contributed by atoms with Crippen molar-refractivity contribution in [3.05, 3.63) is 31.8 Å². The second-order valence-electron chi connectivity index (χ2n) is 3.95. The van der Waals surface area contributed by atoms with Crippen LogP contribution in [0.15, 0.2) is 22.7 Å². The highest BCUT2D eigenvalue weighted by molar-refractivity contribution is 14.1. The van der Waals surface area contributed by atoms with Gasteiger partial charge in [-0.05, 0) is 58.7 Å². The van der Waals surface area contributed by atoms with E-state index in [1.807, 2.05) is 6.07 Å². The molecule has 0 fully saturated rings. The molecule has 1 rings (SSSR count).